The van der Waals surface area contributed by atoms with E-state index < -0.39 is 0 Å². The molecule has 0 amide bonds. The minimum atomic E-state index is -0.0216. The largest absolute Gasteiger partial charge is 0.227 e. The topological polar surface area (TPSA) is 3.88 Å². The molecule has 1 heterocycles. The van der Waals surface area contributed by atoms with Crippen LogP contribution >= 0.6 is 10.9 Å². The van der Waals surface area contributed by atoms with Crippen molar-refractivity contribution in [2.75, 3.05) is 12.5 Å². The number of rotatable bonds is 2. The molecule has 0 N–H and O–H groups in total. The van der Waals surface area contributed by atoms with Crippen molar-refractivity contribution in [2.45, 2.75) is 11.8 Å². The van der Waals surface area contributed by atoms with Crippen molar-refractivity contribution in [1.82, 2.24) is 0 Å². The van der Waals surface area contributed by atoms with Crippen LogP contribution in [0.3, 0.4) is 0 Å². The third kappa shape index (κ3) is 2.52. The van der Waals surface area contributed by atoms with Gasteiger partial charge in [-0.25, -0.2) is 10.9 Å². The maximum absolute atomic E-state index is 2.29. The normalized spacial score (nSPS) is 11.4. The van der Waals surface area contributed by atoms with Gasteiger partial charge in [0.15, 0.2) is 6.20 Å². The van der Waals surface area contributed by atoms with Crippen molar-refractivity contribution in [1.29, 1.82) is 0 Å². The zero-order valence-corrected chi connectivity index (χ0v) is 11.8. The van der Waals surface area contributed by atoms with Crippen molar-refractivity contribution in [3.63, 3.8) is 0 Å². The standard InChI is InChI=1S/C15H20NS/c1-12-7-5-6-8-14(12)15-10-9-13(17(3)4)11-16(15)2/h5-11,17H,1-4H3/q+1. The van der Waals surface area contributed by atoms with E-state index in [0.29, 0.717) is 0 Å². The van der Waals surface area contributed by atoms with Gasteiger partial charge in [-0.1, -0.05) is 18.2 Å². The van der Waals surface area contributed by atoms with Crippen molar-refractivity contribution < 1.29 is 4.57 Å². The Morgan fingerprint density at radius 2 is 1.71 bits per heavy atom. The van der Waals surface area contributed by atoms with E-state index in [0.717, 1.165) is 0 Å². The Kier molecular flexibility index (Phi) is 3.53. The first-order chi connectivity index (χ1) is 8.09. The van der Waals surface area contributed by atoms with Gasteiger partial charge in [0.2, 0.25) is 5.69 Å². The lowest BCUT2D eigenvalue weighted by molar-refractivity contribution is -0.662. The van der Waals surface area contributed by atoms with E-state index in [1.165, 1.54) is 21.7 Å². The summed E-state index contributed by atoms with van der Waals surface area (Å²) in [5.41, 5.74) is 3.92. The number of hydrogen-bond acceptors (Lipinski definition) is 0. The highest BCUT2D eigenvalue weighted by molar-refractivity contribution is 8.15. The maximum atomic E-state index is 2.29. The van der Waals surface area contributed by atoms with E-state index >= 15 is 0 Å². The van der Waals surface area contributed by atoms with Gasteiger partial charge >= 0.3 is 0 Å². The Labute approximate surface area is 106 Å². The fraction of sp³-hybridized carbons (Fsp3) is 0.267. The minimum absolute atomic E-state index is 0.0216. The molecule has 0 aliphatic rings. The molecule has 0 aliphatic heterocycles. The van der Waals surface area contributed by atoms with Gasteiger partial charge in [0.05, 0.1) is 4.90 Å². The van der Waals surface area contributed by atoms with Gasteiger partial charge < -0.3 is 0 Å². The first kappa shape index (κ1) is 12.2. The summed E-state index contributed by atoms with van der Waals surface area (Å²) in [6, 6.07) is 13.0. The lowest BCUT2D eigenvalue weighted by Crippen LogP contribution is -2.31. The van der Waals surface area contributed by atoms with Gasteiger partial charge in [-0.05, 0) is 37.1 Å². The van der Waals surface area contributed by atoms with Crippen LogP contribution < -0.4 is 4.57 Å². The second kappa shape index (κ2) is 4.92. The number of aromatic nitrogens is 1. The average Bonchev–Trinajstić information content (AvgIpc) is 2.30. The van der Waals surface area contributed by atoms with E-state index in [1.54, 1.807) is 0 Å². The van der Waals surface area contributed by atoms with Crippen LogP contribution in [0.1, 0.15) is 5.56 Å². The molecule has 0 aliphatic carbocycles. The summed E-state index contributed by atoms with van der Waals surface area (Å²) < 4.78 is 2.24. The van der Waals surface area contributed by atoms with Gasteiger partial charge in [-0.3, -0.25) is 0 Å². The molecular weight excluding hydrogens is 226 g/mol. The molecule has 0 fully saturated rings. The van der Waals surface area contributed by atoms with Crippen molar-refractivity contribution in [3.05, 3.63) is 48.2 Å². The highest BCUT2D eigenvalue weighted by Crippen LogP contribution is 2.28. The Morgan fingerprint density at radius 1 is 1.00 bits per heavy atom. The molecule has 1 nitrogen and oxygen atoms in total. The van der Waals surface area contributed by atoms with Crippen LogP contribution in [0.5, 0.6) is 0 Å². The molecule has 0 radical (unpaired) electrons. The molecule has 0 saturated heterocycles. The molecular formula is C15H20NS+. The monoisotopic (exact) mass is 246 g/mol. The van der Waals surface area contributed by atoms with Crippen molar-refractivity contribution in [3.8, 4) is 11.3 Å². The third-order valence-corrected chi connectivity index (χ3v) is 4.35. The summed E-state index contributed by atoms with van der Waals surface area (Å²) in [7, 11) is 2.11. The van der Waals surface area contributed by atoms with E-state index in [-0.39, 0.29) is 10.9 Å². The van der Waals surface area contributed by atoms with Crippen molar-refractivity contribution in [2.24, 2.45) is 7.05 Å². The summed E-state index contributed by atoms with van der Waals surface area (Å²) in [5.74, 6) is 0. The van der Waals surface area contributed by atoms with E-state index in [9.17, 15) is 0 Å². The molecule has 0 bridgehead atoms. The summed E-state index contributed by atoms with van der Waals surface area (Å²) in [4.78, 5) is 1.44. The first-order valence-electron chi connectivity index (χ1n) is 5.82. The van der Waals surface area contributed by atoms with Crippen LogP contribution in [-0.2, 0) is 7.05 Å². The predicted octanol–water partition coefficient (Wildman–Crippen LogP) is 3.11. The Balaban J connectivity index is 2.51. The smallest absolute Gasteiger partial charge is 0.212 e. The fourth-order valence-electron chi connectivity index (χ4n) is 2.00. The highest BCUT2D eigenvalue weighted by atomic mass is 32.2. The molecule has 0 spiro atoms. The number of nitrogens with zero attached hydrogens (tertiary/aromatic N) is 1. The van der Waals surface area contributed by atoms with Crippen molar-refractivity contribution >= 4 is 10.9 Å². The quantitative estimate of drug-likeness (QED) is 0.613. The van der Waals surface area contributed by atoms with Crippen LogP contribution in [-0.4, -0.2) is 12.5 Å². The SMILES string of the molecule is Cc1ccccc1-c1ccc([SH](C)C)c[n+]1C. The van der Waals surface area contributed by atoms with Crippen LogP contribution in [0.25, 0.3) is 11.3 Å². The number of benzene rings is 1. The van der Waals surface area contributed by atoms with Crippen LogP contribution in [0, 0.1) is 6.92 Å². The molecule has 0 atom stereocenters. The van der Waals surface area contributed by atoms with Crippen LogP contribution in [0.2, 0.25) is 0 Å². The predicted molar refractivity (Wildman–Crippen MR) is 76.9 cm³/mol. The van der Waals surface area contributed by atoms with E-state index in [2.05, 4.69) is 73.6 Å². The van der Waals surface area contributed by atoms with Gasteiger partial charge in [0, 0.05) is 11.6 Å². The summed E-state index contributed by atoms with van der Waals surface area (Å²) in [6.07, 6.45) is 6.84. The molecule has 1 aromatic carbocycles. The number of aryl methyl sites for hydroxylation is 2. The number of pyridine rings is 1. The summed E-state index contributed by atoms with van der Waals surface area (Å²) in [6.45, 7) is 2.16. The maximum Gasteiger partial charge on any atom is 0.212 e. The van der Waals surface area contributed by atoms with E-state index in [4.69, 9.17) is 0 Å². The molecule has 90 valence electrons. The molecule has 2 aromatic rings. The summed E-state index contributed by atoms with van der Waals surface area (Å²) in [5, 5.41) is 0. The molecule has 0 saturated carbocycles. The molecule has 2 heteroatoms. The second-order valence-electron chi connectivity index (χ2n) is 4.59. The Morgan fingerprint density at radius 3 is 2.29 bits per heavy atom. The molecule has 2 rings (SSSR count). The molecule has 1 aromatic heterocycles. The lowest BCUT2D eigenvalue weighted by Gasteiger charge is -2.09. The fourth-order valence-corrected chi connectivity index (χ4v) is 2.77. The second-order valence-corrected chi connectivity index (χ2v) is 6.90. The molecule has 17 heavy (non-hydrogen) atoms. The average molecular weight is 246 g/mol. The van der Waals surface area contributed by atoms with Gasteiger partial charge in [-0.15, -0.1) is 0 Å². The van der Waals surface area contributed by atoms with Crippen LogP contribution in [0.4, 0.5) is 0 Å². The summed E-state index contributed by atoms with van der Waals surface area (Å²) >= 11 is 0. The van der Waals surface area contributed by atoms with Crippen LogP contribution in [0.15, 0.2) is 47.5 Å². The van der Waals surface area contributed by atoms with E-state index in [1.807, 2.05) is 0 Å². The minimum Gasteiger partial charge on any atom is -0.227 e. The zero-order chi connectivity index (χ0) is 12.4. The number of thiol groups is 1. The van der Waals surface area contributed by atoms with Gasteiger partial charge in [0.25, 0.3) is 0 Å². The lowest BCUT2D eigenvalue weighted by atomic mass is 10.1. The Hall–Kier alpha value is -1.28. The number of hydrogen-bond donors (Lipinski definition) is 1. The third-order valence-electron chi connectivity index (χ3n) is 3.06. The van der Waals surface area contributed by atoms with Gasteiger partial charge in [-0.2, -0.15) is 4.57 Å². The first-order valence-corrected chi connectivity index (χ1v) is 8.06. The molecule has 0 unspecified atom stereocenters. The zero-order valence-electron chi connectivity index (χ0n) is 10.9. The Bertz CT molecular complexity index is 532. The van der Waals surface area contributed by atoms with Gasteiger partial charge in [0.1, 0.15) is 7.05 Å². The highest BCUT2D eigenvalue weighted by Gasteiger charge is 2.12.